The Morgan fingerprint density at radius 2 is 1.89 bits per heavy atom. The van der Waals surface area contributed by atoms with Crippen molar-refractivity contribution < 1.29 is 4.74 Å². The van der Waals surface area contributed by atoms with Gasteiger partial charge in [0.2, 0.25) is 0 Å². The standard InChI is InChI=1S/C22H22N4O/c1-14(18-8-4-5-15-9-10-24-22(15)18)21(19-12-20(23)26-13-25-19)16-6-3-7-17(11-16)27-2/h3-14,21,24H,1-2H3,(H2,23,25,26)/t14?,21-/m0/s1. The number of H-pyrrole nitrogens is 1. The number of fused-ring (bicyclic) bond motifs is 1. The van der Waals surface area contributed by atoms with E-state index in [2.05, 4.69) is 58.3 Å². The van der Waals surface area contributed by atoms with Crippen LogP contribution in [0, 0.1) is 0 Å². The number of nitrogen functional groups attached to an aromatic ring is 1. The Hall–Kier alpha value is -3.34. The Kier molecular flexibility index (Phi) is 4.50. The number of ether oxygens (including phenoxy) is 1. The van der Waals surface area contributed by atoms with Gasteiger partial charge in [-0.25, -0.2) is 9.97 Å². The third-order valence-electron chi connectivity index (χ3n) is 5.09. The minimum Gasteiger partial charge on any atom is -0.497 e. The average molecular weight is 358 g/mol. The zero-order valence-corrected chi connectivity index (χ0v) is 15.4. The molecule has 0 fully saturated rings. The molecule has 2 atom stereocenters. The Balaban J connectivity index is 1.88. The molecule has 3 N–H and O–H groups in total. The molecular formula is C22H22N4O. The lowest BCUT2D eigenvalue weighted by molar-refractivity contribution is 0.413. The van der Waals surface area contributed by atoms with Crippen LogP contribution in [0.1, 0.15) is 35.6 Å². The molecular weight excluding hydrogens is 336 g/mol. The number of para-hydroxylation sites is 1. The number of nitrogens with one attached hydrogen (secondary N) is 1. The molecule has 0 saturated heterocycles. The maximum absolute atomic E-state index is 5.96. The molecule has 0 spiro atoms. The first kappa shape index (κ1) is 17.1. The van der Waals surface area contributed by atoms with E-state index in [0.717, 1.165) is 22.5 Å². The van der Waals surface area contributed by atoms with Gasteiger partial charge in [0.1, 0.15) is 17.9 Å². The molecule has 1 unspecified atom stereocenters. The Bertz CT molecular complexity index is 1070. The highest BCUT2D eigenvalue weighted by molar-refractivity contribution is 5.83. The van der Waals surface area contributed by atoms with Crippen molar-refractivity contribution in [3.8, 4) is 5.75 Å². The highest BCUT2D eigenvalue weighted by atomic mass is 16.5. The van der Waals surface area contributed by atoms with Crippen LogP contribution in [0.4, 0.5) is 5.82 Å². The monoisotopic (exact) mass is 358 g/mol. The number of methoxy groups -OCH3 is 1. The van der Waals surface area contributed by atoms with Crippen LogP contribution in [0.2, 0.25) is 0 Å². The van der Waals surface area contributed by atoms with E-state index in [9.17, 15) is 0 Å². The molecule has 4 rings (SSSR count). The van der Waals surface area contributed by atoms with E-state index in [1.807, 2.05) is 24.4 Å². The lowest BCUT2D eigenvalue weighted by atomic mass is 9.79. The highest BCUT2D eigenvalue weighted by Gasteiger charge is 2.26. The molecule has 0 aliphatic rings. The number of rotatable bonds is 5. The fourth-order valence-corrected chi connectivity index (χ4v) is 3.78. The Morgan fingerprint density at radius 1 is 1.04 bits per heavy atom. The maximum Gasteiger partial charge on any atom is 0.127 e. The van der Waals surface area contributed by atoms with Crippen molar-refractivity contribution >= 4 is 16.7 Å². The van der Waals surface area contributed by atoms with Crippen LogP contribution in [0.15, 0.2) is 67.1 Å². The minimum atomic E-state index is 0.0132. The van der Waals surface area contributed by atoms with Gasteiger partial charge in [-0.15, -0.1) is 0 Å². The van der Waals surface area contributed by atoms with Crippen LogP contribution in [0.3, 0.4) is 0 Å². The van der Waals surface area contributed by atoms with Crippen molar-refractivity contribution in [1.82, 2.24) is 15.0 Å². The van der Waals surface area contributed by atoms with Gasteiger partial charge in [-0.2, -0.15) is 0 Å². The van der Waals surface area contributed by atoms with Gasteiger partial charge in [0.05, 0.1) is 12.8 Å². The van der Waals surface area contributed by atoms with Gasteiger partial charge in [-0.1, -0.05) is 37.3 Å². The zero-order chi connectivity index (χ0) is 18.8. The first-order valence-corrected chi connectivity index (χ1v) is 8.94. The van der Waals surface area contributed by atoms with Gasteiger partial charge in [0.15, 0.2) is 0 Å². The van der Waals surface area contributed by atoms with E-state index in [0.29, 0.717) is 5.82 Å². The van der Waals surface area contributed by atoms with Crippen LogP contribution in [0.25, 0.3) is 10.9 Å². The summed E-state index contributed by atoms with van der Waals surface area (Å²) in [4.78, 5) is 12.0. The quantitative estimate of drug-likeness (QED) is 0.551. The van der Waals surface area contributed by atoms with Crippen LogP contribution >= 0.6 is 0 Å². The average Bonchev–Trinajstić information content (AvgIpc) is 3.17. The van der Waals surface area contributed by atoms with Crippen LogP contribution < -0.4 is 10.5 Å². The first-order valence-electron chi connectivity index (χ1n) is 8.94. The van der Waals surface area contributed by atoms with E-state index < -0.39 is 0 Å². The number of nitrogens with zero attached hydrogens (tertiary/aromatic N) is 2. The van der Waals surface area contributed by atoms with Crippen LogP contribution in [0.5, 0.6) is 5.75 Å². The highest BCUT2D eigenvalue weighted by Crippen LogP contribution is 2.40. The number of nitrogens with two attached hydrogens (primary N) is 1. The summed E-state index contributed by atoms with van der Waals surface area (Å²) >= 11 is 0. The molecule has 0 radical (unpaired) electrons. The van der Waals surface area contributed by atoms with Crippen LogP contribution in [-0.4, -0.2) is 22.1 Å². The topological polar surface area (TPSA) is 76.8 Å². The summed E-state index contributed by atoms with van der Waals surface area (Å²) in [5.41, 5.74) is 10.4. The van der Waals surface area contributed by atoms with Crippen molar-refractivity contribution in [3.63, 3.8) is 0 Å². The fourth-order valence-electron chi connectivity index (χ4n) is 3.78. The Labute approximate surface area is 158 Å². The molecule has 136 valence electrons. The Morgan fingerprint density at radius 3 is 2.70 bits per heavy atom. The summed E-state index contributed by atoms with van der Waals surface area (Å²) in [6.45, 7) is 2.22. The van der Waals surface area contributed by atoms with Gasteiger partial charge in [-0.3, -0.25) is 0 Å². The lowest BCUT2D eigenvalue weighted by Crippen LogP contribution is -2.13. The third-order valence-corrected chi connectivity index (χ3v) is 5.09. The van der Waals surface area contributed by atoms with Crippen molar-refractivity contribution in [2.24, 2.45) is 0 Å². The molecule has 27 heavy (non-hydrogen) atoms. The molecule has 5 nitrogen and oxygen atoms in total. The van der Waals surface area contributed by atoms with Crippen molar-refractivity contribution in [2.45, 2.75) is 18.8 Å². The summed E-state index contributed by atoms with van der Waals surface area (Å²) in [7, 11) is 1.68. The molecule has 0 amide bonds. The second-order valence-corrected chi connectivity index (χ2v) is 6.70. The van der Waals surface area contributed by atoms with Gasteiger partial charge in [0, 0.05) is 23.7 Å². The predicted molar refractivity (Wildman–Crippen MR) is 108 cm³/mol. The van der Waals surface area contributed by atoms with E-state index in [-0.39, 0.29) is 11.8 Å². The molecule has 2 aromatic carbocycles. The molecule has 4 aromatic rings. The number of hydrogen-bond acceptors (Lipinski definition) is 4. The summed E-state index contributed by atoms with van der Waals surface area (Å²) in [6, 6.07) is 18.5. The van der Waals surface area contributed by atoms with Crippen LogP contribution in [-0.2, 0) is 0 Å². The van der Waals surface area contributed by atoms with E-state index in [1.165, 1.54) is 17.3 Å². The normalized spacial score (nSPS) is 13.4. The zero-order valence-electron chi connectivity index (χ0n) is 15.4. The number of aromatic amines is 1. The first-order chi connectivity index (χ1) is 13.2. The largest absolute Gasteiger partial charge is 0.497 e. The maximum atomic E-state index is 5.96. The van der Waals surface area contributed by atoms with Crippen molar-refractivity contribution in [1.29, 1.82) is 0 Å². The molecule has 0 bridgehead atoms. The summed E-state index contributed by atoms with van der Waals surface area (Å²) in [5.74, 6) is 1.47. The summed E-state index contributed by atoms with van der Waals surface area (Å²) < 4.78 is 5.44. The number of anilines is 1. The smallest absolute Gasteiger partial charge is 0.127 e. The number of benzene rings is 2. The minimum absolute atomic E-state index is 0.0132. The summed E-state index contributed by atoms with van der Waals surface area (Å²) in [5, 5.41) is 1.20. The fraction of sp³-hybridized carbons (Fsp3) is 0.182. The van der Waals surface area contributed by atoms with E-state index in [4.69, 9.17) is 10.5 Å². The summed E-state index contributed by atoms with van der Waals surface area (Å²) in [6.07, 6.45) is 3.50. The number of aromatic nitrogens is 3. The number of hydrogen-bond donors (Lipinski definition) is 2. The SMILES string of the molecule is COc1cccc([C@@H](c2cc(N)ncn2)C(C)c2cccc3cc[nH]c23)c1. The molecule has 5 heteroatoms. The van der Waals surface area contributed by atoms with Gasteiger partial charge >= 0.3 is 0 Å². The molecule has 0 saturated carbocycles. The second-order valence-electron chi connectivity index (χ2n) is 6.70. The molecule has 0 aliphatic heterocycles. The van der Waals surface area contributed by atoms with E-state index in [1.54, 1.807) is 7.11 Å². The predicted octanol–water partition coefficient (Wildman–Crippen LogP) is 4.48. The van der Waals surface area contributed by atoms with E-state index >= 15 is 0 Å². The van der Waals surface area contributed by atoms with Gasteiger partial charge in [0.25, 0.3) is 0 Å². The lowest BCUT2D eigenvalue weighted by Gasteiger charge is -2.25. The van der Waals surface area contributed by atoms with Crippen molar-refractivity contribution in [2.75, 3.05) is 12.8 Å². The third kappa shape index (κ3) is 3.24. The molecule has 2 aromatic heterocycles. The van der Waals surface area contributed by atoms with Gasteiger partial charge in [-0.05, 0) is 40.6 Å². The van der Waals surface area contributed by atoms with Crippen molar-refractivity contribution in [3.05, 3.63) is 83.9 Å². The molecule has 0 aliphatic carbocycles. The molecule has 2 heterocycles. The van der Waals surface area contributed by atoms with Gasteiger partial charge < -0.3 is 15.5 Å². The second kappa shape index (κ2) is 7.11.